The minimum Gasteiger partial charge on any atom is -0.368 e. The van der Waals surface area contributed by atoms with E-state index in [4.69, 9.17) is 5.73 Å². The molecule has 84 valence electrons. The summed E-state index contributed by atoms with van der Waals surface area (Å²) in [5.74, 6) is -2.98. The van der Waals surface area contributed by atoms with Crippen molar-refractivity contribution in [3.8, 4) is 0 Å². The average Bonchev–Trinajstić information content (AvgIpc) is 2.16. The van der Waals surface area contributed by atoms with Gasteiger partial charge in [0.25, 0.3) is 5.92 Å². The van der Waals surface area contributed by atoms with Crippen LogP contribution in [0.5, 0.6) is 0 Å². The summed E-state index contributed by atoms with van der Waals surface area (Å²) in [4.78, 5) is 7.62. The molecule has 0 spiro atoms. The molecule has 0 bridgehead atoms. The van der Waals surface area contributed by atoms with Gasteiger partial charge in [-0.15, -0.1) is 0 Å². The molecule has 6 heteroatoms. The average molecular weight is 288 g/mol. The van der Waals surface area contributed by atoms with E-state index >= 15 is 0 Å². The molecule has 0 aliphatic rings. The van der Waals surface area contributed by atoms with E-state index in [9.17, 15) is 8.78 Å². The van der Waals surface area contributed by atoms with Gasteiger partial charge in [-0.1, -0.05) is 15.9 Å². The lowest BCUT2D eigenvalue weighted by atomic mass is 10.1. The van der Waals surface area contributed by atoms with Crippen molar-refractivity contribution in [2.45, 2.75) is 12.8 Å². The zero-order valence-corrected chi connectivity index (χ0v) is 9.92. The number of rotatable bonds is 1. The smallest absolute Gasteiger partial charge is 0.272 e. The molecule has 3 nitrogen and oxygen atoms in total. The third-order valence-electron chi connectivity index (χ3n) is 2.14. The molecule has 0 saturated carbocycles. The number of benzene rings is 1. The van der Waals surface area contributed by atoms with E-state index in [1.54, 1.807) is 6.07 Å². The Kier molecular flexibility index (Phi) is 2.53. The molecule has 2 aromatic rings. The van der Waals surface area contributed by atoms with E-state index in [2.05, 4.69) is 25.9 Å². The van der Waals surface area contributed by atoms with E-state index in [-0.39, 0.29) is 17.0 Å². The third-order valence-corrected chi connectivity index (χ3v) is 2.60. The number of alkyl halides is 2. The molecule has 0 fully saturated rings. The number of fused-ring (bicyclic) bond motifs is 1. The van der Waals surface area contributed by atoms with Gasteiger partial charge in [-0.25, -0.2) is 18.7 Å². The van der Waals surface area contributed by atoms with Gasteiger partial charge in [-0.05, 0) is 12.1 Å². The van der Waals surface area contributed by atoms with Crippen LogP contribution in [0.4, 0.5) is 14.7 Å². The Morgan fingerprint density at radius 2 is 2.06 bits per heavy atom. The van der Waals surface area contributed by atoms with Crippen LogP contribution in [0.1, 0.15) is 12.5 Å². The Balaban J connectivity index is 2.85. The molecule has 2 rings (SSSR count). The van der Waals surface area contributed by atoms with Gasteiger partial charge in [0.2, 0.25) is 5.95 Å². The summed E-state index contributed by atoms with van der Waals surface area (Å²) in [5.41, 5.74) is 5.42. The van der Waals surface area contributed by atoms with Crippen LogP contribution in [-0.4, -0.2) is 9.97 Å². The molecule has 0 atom stereocenters. The third kappa shape index (κ3) is 1.97. The summed E-state index contributed by atoms with van der Waals surface area (Å²) < 4.78 is 27.3. The number of anilines is 1. The molecule has 0 amide bonds. The van der Waals surface area contributed by atoms with E-state index in [0.717, 1.165) is 6.92 Å². The molecule has 0 aliphatic heterocycles. The fourth-order valence-electron chi connectivity index (χ4n) is 1.46. The summed E-state index contributed by atoms with van der Waals surface area (Å²) in [5, 5.41) is 0.528. The Morgan fingerprint density at radius 1 is 1.38 bits per heavy atom. The molecule has 16 heavy (non-hydrogen) atoms. The van der Waals surface area contributed by atoms with Crippen molar-refractivity contribution in [1.82, 2.24) is 9.97 Å². The number of nitrogens with zero attached hydrogens (tertiary/aromatic N) is 2. The number of halogens is 3. The standard InChI is InChI=1S/C10H8BrF2N3/c1-10(12,13)7-3-6(11)2-5-4-15-9(14)16-8(5)7/h2-4H,1H3,(H2,14,15,16). The highest BCUT2D eigenvalue weighted by molar-refractivity contribution is 9.10. The number of aromatic nitrogens is 2. The van der Waals surface area contributed by atoms with Crippen LogP contribution in [-0.2, 0) is 5.92 Å². The molecule has 0 unspecified atom stereocenters. The highest BCUT2D eigenvalue weighted by Gasteiger charge is 2.28. The molecule has 0 saturated heterocycles. The van der Waals surface area contributed by atoms with E-state index in [0.29, 0.717) is 9.86 Å². The second-order valence-electron chi connectivity index (χ2n) is 3.51. The predicted molar refractivity (Wildman–Crippen MR) is 61.2 cm³/mol. The van der Waals surface area contributed by atoms with Gasteiger partial charge < -0.3 is 5.73 Å². The van der Waals surface area contributed by atoms with Gasteiger partial charge in [-0.3, -0.25) is 0 Å². The van der Waals surface area contributed by atoms with Gasteiger partial charge in [-0.2, -0.15) is 0 Å². The summed E-state index contributed by atoms with van der Waals surface area (Å²) in [6.07, 6.45) is 1.43. The summed E-state index contributed by atoms with van der Waals surface area (Å²) in [7, 11) is 0. The van der Waals surface area contributed by atoms with Crippen molar-refractivity contribution in [2.75, 3.05) is 5.73 Å². The molecule has 0 aliphatic carbocycles. The van der Waals surface area contributed by atoms with Crippen LogP contribution < -0.4 is 5.73 Å². The zero-order valence-electron chi connectivity index (χ0n) is 8.34. The van der Waals surface area contributed by atoms with Crippen molar-refractivity contribution in [1.29, 1.82) is 0 Å². The van der Waals surface area contributed by atoms with Crippen LogP contribution in [0.15, 0.2) is 22.8 Å². The molecular formula is C10H8BrF2N3. The predicted octanol–water partition coefficient (Wildman–Crippen LogP) is 3.09. The van der Waals surface area contributed by atoms with Gasteiger partial charge in [0.15, 0.2) is 0 Å². The second-order valence-corrected chi connectivity index (χ2v) is 4.42. The van der Waals surface area contributed by atoms with Gasteiger partial charge >= 0.3 is 0 Å². The van der Waals surface area contributed by atoms with Crippen LogP contribution in [0.2, 0.25) is 0 Å². The van der Waals surface area contributed by atoms with Gasteiger partial charge in [0.05, 0.1) is 5.52 Å². The first-order chi connectivity index (χ1) is 7.38. The Labute approximate surface area is 98.8 Å². The maximum atomic E-state index is 13.4. The Hall–Kier alpha value is -1.30. The van der Waals surface area contributed by atoms with E-state index < -0.39 is 5.92 Å². The van der Waals surface area contributed by atoms with Crippen LogP contribution in [0.3, 0.4) is 0 Å². The maximum absolute atomic E-state index is 13.4. The first-order valence-corrected chi connectivity index (χ1v) is 5.27. The number of hydrogen-bond donors (Lipinski definition) is 1. The van der Waals surface area contributed by atoms with Crippen LogP contribution >= 0.6 is 15.9 Å². The van der Waals surface area contributed by atoms with E-state index in [1.165, 1.54) is 12.3 Å². The van der Waals surface area contributed by atoms with Gasteiger partial charge in [0, 0.05) is 28.5 Å². The summed E-state index contributed by atoms with van der Waals surface area (Å²) in [6.45, 7) is 0.826. The Morgan fingerprint density at radius 3 is 2.69 bits per heavy atom. The van der Waals surface area contributed by atoms with E-state index in [1.807, 2.05) is 0 Å². The van der Waals surface area contributed by atoms with Crippen molar-refractivity contribution >= 4 is 32.8 Å². The summed E-state index contributed by atoms with van der Waals surface area (Å²) in [6, 6.07) is 3.01. The van der Waals surface area contributed by atoms with Crippen LogP contribution in [0.25, 0.3) is 10.9 Å². The molecule has 2 N–H and O–H groups in total. The zero-order chi connectivity index (χ0) is 11.9. The van der Waals surface area contributed by atoms with Crippen LogP contribution in [0, 0.1) is 0 Å². The van der Waals surface area contributed by atoms with Crippen molar-refractivity contribution < 1.29 is 8.78 Å². The highest BCUT2D eigenvalue weighted by atomic mass is 79.9. The topological polar surface area (TPSA) is 51.8 Å². The quantitative estimate of drug-likeness (QED) is 0.877. The van der Waals surface area contributed by atoms with Gasteiger partial charge in [0.1, 0.15) is 0 Å². The second kappa shape index (κ2) is 3.62. The monoisotopic (exact) mass is 287 g/mol. The normalized spacial score (nSPS) is 12.0. The summed E-state index contributed by atoms with van der Waals surface area (Å²) >= 11 is 3.17. The van der Waals surface area contributed by atoms with Crippen molar-refractivity contribution in [3.05, 3.63) is 28.4 Å². The molecule has 1 aromatic heterocycles. The van der Waals surface area contributed by atoms with Crippen molar-refractivity contribution in [2.24, 2.45) is 0 Å². The lowest BCUT2D eigenvalue weighted by molar-refractivity contribution is 0.0188. The number of nitrogen functional groups attached to an aromatic ring is 1. The fourth-order valence-corrected chi connectivity index (χ4v) is 1.93. The SMILES string of the molecule is CC(F)(F)c1cc(Br)cc2cnc(N)nc12. The number of nitrogens with two attached hydrogens (primary N) is 1. The molecular weight excluding hydrogens is 280 g/mol. The molecule has 1 heterocycles. The minimum absolute atomic E-state index is 0.0136. The highest BCUT2D eigenvalue weighted by Crippen LogP contribution is 2.34. The fraction of sp³-hybridized carbons (Fsp3) is 0.200. The lowest BCUT2D eigenvalue weighted by Gasteiger charge is -2.13. The molecule has 1 aromatic carbocycles. The minimum atomic E-state index is -2.97. The lowest BCUT2D eigenvalue weighted by Crippen LogP contribution is -2.09. The van der Waals surface area contributed by atoms with Crippen molar-refractivity contribution in [3.63, 3.8) is 0 Å². The molecule has 0 radical (unpaired) electrons. The first kappa shape index (κ1) is 11.2. The first-order valence-electron chi connectivity index (χ1n) is 4.48. The number of hydrogen-bond acceptors (Lipinski definition) is 3. The maximum Gasteiger partial charge on any atom is 0.272 e. The Bertz CT molecular complexity index is 551. The largest absolute Gasteiger partial charge is 0.368 e.